The molecule has 1 N–H and O–H groups in total. The Bertz CT molecular complexity index is 603. The van der Waals surface area contributed by atoms with Crippen LogP contribution >= 0.6 is 11.3 Å². The maximum absolute atomic E-state index is 12.1. The van der Waals surface area contributed by atoms with Crippen molar-refractivity contribution >= 4 is 27.5 Å². The van der Waals surface area contributed by atoms with Crippen molar-refractivity contribution in [1.29, 1.82) is 0 Å². The number of anilines is 1. The minimum absolute atomic E-state index is 0.00724. The van der Waals surface area contributed by atoms with Crippen molar-refractivity contribution in [3.05, 3.63) is 21.8 Å². The Morgan fingerprint density at radius 2 is 2.32 bits per heavy atom. The number of ether oxygens (including phenoxy) is 1. The van der Waals surface area contributed by atoms with Gasteiger partial charge in [0.1, 0.15) is 4.83 Å². The predicted octanol–water partition coefficient (Wildman–Crippen LogP) is 2.22. The van der Waals surface area contributed by atoms with Crippen molar-refractivity contribution in [3.8, 4) is 0 Å². The van der Waals surface area contributed by atoms with Crippen LogP contribution in [-0.2, 0) is 11.8 Å². The summed E-state index contributed by atoms with van der Waals surface area (Å²) in [5, 5.41) is 5.76. The van der Waals surface area contributed by atoms with Gasteiger partial charge in [-0.05, 0) is 31.7 Å². The van der Waals surface area contributed by atoms with Gasteiger partial charge in [-0.15, -0.1) is 11.3 Å². The van der Waals surface area contributed by atoms with Gasteiger partial charge in [0.2, 0.25) is 5.95 Å². The molecule has 19 heavy (non-hydrogen) atoms. The molecule has 0 aliphatic rings. The fraction of sp³-hybridized carbons (Fsp3) is 0.538. The first kappa shape index (κ1) is 14.0. The minimum Gasteiger partial charge on any atom is -0.379 e. The van der Waals surface area contributed by atoms with E-state index in [0.717, 1.165) is 17.8 Å². The van der Waals surface area contributed by atoms with E-state index in [1.165, 1.54) is 11.3 Å². The van der Waals surface area contributed by atoms with Crippen LogP contribution < -0.4 is 10.9 Å². The van der Waals surface area contributed by atoms with Gasteiger partial charge in [-0.2, -0.15) is 0 Å². The van der Waals surface area contributed by atoms with Gasteiger partial charge in [-0.3, -0.25) is 9.36 Å². The summed E-state index contributed by atoms with van der Waals surface area (Å²) in [4.78, 5) is 17.3. The molecule has 0 atom stereocenters. The molecule has 104 valence electrons. The van der Waals surface area contributed by atoms with Gasteiger partial charge in [0, 0.05) is 20.2 Å². The fourth-order valence-electron chi connectivity index (χ4n) is 1.75. The lowest BCUT2D eigenvalue weighted by Crippen LogP contribution is -2.22. The van der Waals surface area contributed by atoms with Gasteiger partial charge in [0.25, 0.3) is 5.56 Å². The van der Waals surface area contributed by atoms with E-state index in [0.29, 0.717) is 17.9 Å². The number of nitrogens with one attached hydrogen (secondary N) is 1. The minimum atomic E-state index is -0.00724. The summed E-state index contributed by atoms with van der Waals surface area (Å²) < 4.78 is 7.02. The molecule has 2 heterocycles. The third-order valence-electron chi connectivity index (χ3n) is 2.76. The second-order valence-electron chi connectivity index (χ2n) is 4.64. The van der Waals surface area contributed by atoms with Gasteiger partial charge < -0.3 is 10.1 Å². The van der Waals surface area contributed by atoms with E-state index in [-0.39, 0.29) is 11.7 Å². The summed E-state index contributed by atoms with van der Waals surface area (Å²) in [7, 11) is 1.74. The highest BCUT2D eigenvalue weighted by Gasteiger charge is 2.08. The van der Waals surface area contributed by atoms with Crippen LogP contribution in [-0.4, -0.2) is 28.8 Å². The van der Waals surface area contributed by atoms with Crippen molar-refractivity contribution in [2.24, 2.45) is 7.05 Å². The zero-order valence-corrected chi connectivity index (χ0v) is 12.3. The van der Waals surface area contributed by atoms with Crippen molar-refractivity contribution in [2.45, 2.75) is 26.4 Å². The number of hydrogen-bond acceptors (Lipinski definition) is 5. The smallest absolute Gasteiger partial charge is 0.263 e. The highest BCUT2D eigenvalue weighted by Crippen LogP contribution is 2.16. The van der Waals surface area contributed by atoms with Crippen LogP contribution in [0.3, 0.4) is 0 Å². The molecule has 0 radical (unpaired) electrons. The first-order valence-corrected chi connectivity index (χ1v) is 7.27. The Morgan fingerprint density at radius 1 is 1.53 bits per heavy atom. The summed E-state index contributed by atoms with van der Waals surface area (Å²) >= 11 is 1.48. The topological polar surface area (TPSA) is 56.1 Å². The molecule has 2 aromatic rings. The number of hydrogen-bond donors (Lipinski definition) is 1. The van der Waals surface area contributed by atoms with E-state index in [4.69, 9.17) is 4.74 Å². The third-order valence-corrected chi connectivity index (χ3v) is 3.57. The number of fused-ring (bicyclic) bond motifs is 1. The summed E-state index contributed by atoms with van der Waals surface area (Å²) in [5.41, 5.74) is -0.00724. The largest absolute Gasteiger partial charge is 0.379 e. The average molecular weight is 281 g/mol. The summed E-state index contributed by atoms with van der Waals surface area (Å²) in [5.74, 6) is 0.615. The van der Waals surface area contributed by atoms with Gasteiger partial charge in [-0.1, -0.05) is 0 Å². The number of nitrogens with zero attached hydrogens (tertiary/aromatic N) is 2. The predicted molar refractivity (Wildman–Crippen MR) is 79.1 cm³/mol. The van der Waals surface area contributed by atoms with Gasteiger partial charge >= 0.3 is 0 Å². The van der Waals surface area contributed by atoms with Gasteiger partial charge in [0.15, 0.2) is 0 Å². The Hall–Kier alpha value is -1.40. The number of rotatable bonds is 6. The summed E-state index contributed by atoms with van der Waals surface area (Å²) in [6, 6.07) is 1.82. The lowest BCUT2D eigenvalue weighted by atomic mass is 10.4. The maximum atomic E-state index is 12.1. The second-order valence-corrected chi connectivity index (χ2v) is 5.53. The van der Waals surface area contributed by atoms with E-state index in [1.807, 2.05) is 25.3 Å². The van der Waals surface area contributed by atoms with Gasteiger partial charge in [-0.25, -0.2) is 4.98 Å². The Kier molecular flexibility index (Phi) is 4.55. The molecule has 0 saturated heterocycles. The lowest BCUT2D eigenvalue weighted by molar-refractivity contribution is 0.0787. The van der Waals surface area contributed by atoms with E-state index >= 15 is 0 Å². The van der Waals surface area contributed by atoms with Crippen LogP contribution in [0.15, 0.2) is 16.2 Å². The zero-order chi connectivity index (χ0) is 13.8. The Balaban J connectivity index is 2.00. The number of thiophene rings is 1. The van der Waals surface area contributed by atoms with E-state index in [2.05, 4.69) is 10.3 Å². The van der Waals surface area contributed by atoms with E-state index in [1.54, 1.807) is 11.6 Å². The van der Waals surface area contributed by atoms with Crippen LogP contribution in [0.5, 0.6) is 0 Å². The quantitative estimate of drug-likeness (QED) is 0.825. The average Bonchev–Trinajstić information content (AvgIpc) is 2.82. The summed E-state index contributed by atoms with van der Waals surface area (Å²) in [6.45, 7) is 5.48. The van der Waals surface area contributed by atoms with Crippen LogP contribution in [0.4, 0.5) is 5.95 Å². The molecule has 0 aliphatic heterocycles. The SMILES string of the molecule is CC(C)OCCCNc1nc2sccc2c(=O)n1C. The van der Waals surface area contributed by atoms with E-state index in [9.17, 15) is 4.79 Å². The highest BCUT2D eigenvalue weighted by molar-refractivity contribution is 7.16. The Morgan fingerprint density at radius 3 is 3.05 bits per heavy atom. The van der Waals surface area contributed by atoms with Crippen molar-refractivity contribution < 1.29 is 4.74 Å². The van der Waals surface area contributed by atoms with Crippen LogP contribution in [0, 0.1) is 0 Å². The van der Waals surface area contributed by atoms with E-state index < -0.39 is 0 Å². The van der Waals surface area contributed by atoms with Crippen molar-refractivity contribution in [2.75, 3.05) is 18.5 Å². The fourth-order valence-corrected chi connectivity index (χ4v) is 2.50. The lowest BCUT2D eigenvalue weighted by Gasteiger charge is -2.11. The van der Waals surface area contributed by atoms with Crippen LogP contribution in [0.1, 0.15) is 20.3 Å². The number of aromatic nitrogens is 2. The maximum Gasteiger partial charge on any atom is 0.263 e. The van der Waals surface area contributed by atoms with Crippen molar-refractivity contribution in [1.82, 2.24) is 9.55 Å². The second kappa shape index (κ2) is 6.16. The molecule has 0 aliphatic carbocycles. The van der Waals surface area contributed by atoms with Crippen LogP contribution in [0.2, 0.25) is 0 Å². The van der Waals surface area contributed by atoms with Crippen LogP contribution in [0.25, 0.3) is 10.2 Å². The monoisotopic (exact) mass is 281 g/mol. The molecule has 0 fully saturated rings. The molecule has 0 bridgehead atoms. The normalized spacial score (nSPS) is 11.4. The van der Waals surface area contributed by atoms with Crippen molar-refractivity contribution in [3.63, 3.8) is 0 Å². The highest BCUT2D eigenvalue weighted by atomic mass is 32.1. The third kappa shape index (κ3) is 3.33. The Labute approximate surface area is 116 Å². The first-order valence-electron chi connectivity index (χ1n) is 6.39. The molecular formula is C13H19N3O2S. The molecule has 5 nitrogen and oxygen atoms in total. The molecular weight excluding hydrogens is 262 g/mol. The molecule has 0 saturated carbocycles. The first-order chi connectivity index (χ1) is 9.09. The molecule has 0 spiro atoms. The zero-order valence-electron chi connectivity index (χ0n) is 11.5. The molecule has 2 aromatic heterocycles. The summed E-state index contributed by atoms with van der Waals surface area (Å²) in [6.07, 6.45) is 1.14. The molecule has 0 amide bonds. The standard InChI is InChI=1S/C13H19N3O2S/c1-9(2)18-7-4-6-14-13-15-11-10(5-8-19-11)12(17)16(13)3/h5,8-9H,4,6-7H2,1-3H3,(H,14,15). The molecule has 2 rings (SSSR count). The van der Waals surface area contributed by atoms with Gasteiger partial charge in [0.05, 0.1) is 11.5 Å². The molecule has 6 heteroatoms. The molecule has 0 unspecified atom stereocenters. The molecule has 0 aromatic carbocycles.